The second kappa shape index (κ2) is 2.89. The summed E-state index contributed by atoms with van der Waals surface area (Å²) in [5, 5.41) is 0. The van der Waals surface area contributed by atoms with Crippen LogP contribution in [0.4, 0.5) is 0 Å². The fourth-order valence-corrected chi connectivity index (χ4v) is 1.74. The van der Waals surface area contributed by atoms with Crippen molar-refractivity contribution in [1.29, 1.82) is 0 Å². The van der Waals surface area contributed by atoms with Crippen molar-refractivity contribution in [2.45, 2.75) is 25.7 Å². The molecule has 0 bridgehead atoms. The Hall–Kier alpha value is -0.440. The van der Waals surface area contributed by atoms with E-state index < -0.39 is 0 Å². The van der Waals surface area contributed by atoms with E-state index in [2.05, 4.69) is 25.9 Å². The first-order valence-corrected chi connectivity index (χ1v) is 4.66. The first-order chi connectivity index (χ1) is 5.36. The Balaban J connectivity index is 2.43. The van der Waals surface area contributed by atoms with Crippen LogP contribution in [0.1, 0.15) is 24.2 Å². The van der Waals surface area contributed by atoms with Crippen LogP contribution in [0.5, 0.6) is 0 Å². The molecule has 11 heavy (non-hydrogen) atoms. The lowest BCUT2D eigenvalue weighted by atomic mass is 10.0. The number of rotatable bonds is 0. The van der Waals surface area contributed by atoms with E-state index in [-0.39, 0.29) is 0 Å². The predicted molar refractivity (Wildman–Crippen MR) is 46.4 cm³/mol. The minimum atomic E-state index is 0.859. The van der Waals surface area contributed by atoms with Crippen molar-refractivity contribution in [2.75, 3.05) is 0 Å². The second-order valence-electron chi connectivity index (χ2n) is 2.79. The maximum atomic E-state index is 4.37. The molecule has 0 atom stereocenters. The van der Waals surface area contributed by atoms with Gasteiger partial charge in [0, 0.05) is 0 Å². The van der Waals surface area contributed by atoms with Gasteiger partial charge in [-0.2, -0.15) is 0 Å². The molecular formula is C8H9BrN2. The van der Waals surface area contributed by atoms with Crippen LogP contribution >= 0.6 is 15.9 Å². The van der Waals surface area contributed by atoms with Gasteiger partial charge in [0.2, 0.25) is 0 Å². The highest BCUT2D eigenvalue weighted by Crippen LogP contribution is 2.18. The molecule has 1 aromatic rings. The summed E-state index contributed by atoms with van der Waals surface area (Å²) >= 11 is 3.32. The third kappa shape index (κ3) is 1.43. The quantitative estimate of drug-likeness (QED) is 0.659. The molecular weight excluding hydrogens is 204 g/mol. The third-order valence-electron chi connectivity index (χ3n) is 1.98. The highest BCUT2D eigenvalue weighted by molar-refractivity contribution is 9.10. The van der Waals surface area contributed by atoms with Crippen LogP contribution in [0.2, 0.25) is 0 Å². The monoisotopic (exact) mass is 212 g/mol. The summed E-state index contributed by atoms with van der Waals surface area (Å²) in [6.07, 6.45) is 6.52. The summed E-state index contributed by atoms with van der Waals surface area (Å²) < 4.78 is 0.859. The smallest absolute Gasteiger partial charge is 0.124 e. The molecule has 0 spiro atoms. The van der Waals surface area contributed by atoms with E-state index in [4.69, 9.17) is 0 Å². The van der Waals surface area contributed by atoms with Gasteiger partial charge >= 0.3 is 0 Å². The second-order valence-corrected chi connectivity index (χ2v) is 3.61. The first-order valence-electron chi connectivity index (χ1n) is 3.86. The highest BCUT2D eigenvalue weighted by atomic mass is 79.9. The molecule has 2 rings (SSSR count). The molecule has 1 heterocycles. The SMILES string of the molecule is Brc1cnc2c(n1)CCCC2. The third-order valence-corrected chi connectivity index (χ3v) is 2.36. The number of halogens is 1. The van der Waals surface area contributed by atoms with Crippen LogP contribution in [-0.4, -0.2) is 9.97 Å². The van der Waals surface area contributed by atoms with Crippen LogP contribution in [0.25, 0.3) is 0 Å². The number of hydrogen-bond acceptors (Lipinski definition) is 2. The van der Waals surface area contributed by atoms with Gasteiger partial charge in [0.1, 0.15) is 4.60 Å². The Morgan fingerprint density at radius 3 is 2.73 bits per heavy atom. The molecule has 58 valence electrons. The molecule has 0 fully saturated rings. The van der Waals surface area contributed by atoms with Gasteiger partial charge in [0.25, 0.3) is 0 Å². The summed E-state index contributed by atoms with van der Waals surface area (Å²) in [6, 6.07) is 0. The van der Waals surface area contributed by atoms with Crippen LogP contribution < -0.4 is 0 Å². The number of aryl methyl sites for hydroxylation is 2. The summed E-state index contributed by atoms with van der Waals surface area (Å²) in [7, 11) is 0. The van der Waals surface area contributed by atoms with E-state index in [1.807, 2.05) is 0 Å². The summed E-state index contributed by atoms with van der Waals surface area (Å²) in [5.74, 6) is 0. The molecule has 1 aromatic heterocycles. The molecule has 3 heteroatoms. The molecule has 0 saturated carbocycles. The Morgan fingerprint density at radius 1 is 1.18 bits per heavy atom. The lowest BCUT2D eigenvalue weighted by molar-refractivity contribution is 0.647. The fraction of sp³-hybridized carbons (Fsp3) is 0.500. The molecule has 0 aromatic carbocycles. The zero-order valence-corrected chi connectivity index (χ0v) is 7.76. The van der Waals surface area contributed by atoms with Gasteiger partial charge in [0.05, 0.1) is 17.6 Å². The van der Waals surface area contributed by atoms with Crippen molar-refractivity contribution >= 4 is 15.9 Å². The lowest BCUT2D eigenvalue weighted by Gasteiger charge is -2.12. The Morgan fingerprint density at radius 2 is 1.91 bits per heavy atom. The standard InChI is InChI=1S/C8H9BrN2/c9-8-5-10-6-3-1-2-4-7(6)11-8/h5H,1-4H2. The predicted octanol–water partition coefficient (Wildman–Crippen LogP) is 2.12. The largest absolute Gasteiger partial charge is 0.257 e. The zero-order chi connectivity index (χ0) is 7.68. The molecule has 0 amide bonds. The van der Waals surface area contributed by atoms with Crippen molar-refractivity contribution < 1.29 is 0 Å². The maximum absolute atomic E-state index is 4.37. The summed E-state index contributed by atoms with van der Waals surface area (Å²) in [6.45, 7) is 0. The van der Waals surface area contributed by atoms with Crippen molar-refractivity contribution in [3.63, 3.8) is 0 Å². The first kappa shape index (κ1) is 7.22. The fourth-order valence-electron chi connectivity index (χ4n) is 1.42. The topological polar surface area (TPSA) is 25.8 Å². The molecule has 0 aliphatic heterocycles. The normalized spacial score (nSPS) is 16.1. The van der Waals surface area contributed by atoms with Gasteiger partial charge in [-0.3, -0.25) is 4.98 Å². The van der Waals surface area contributed by atoms with E-state index in [1.54, 1.807) is 6.20 Å². The summed E-state index contributed by atoms with van der Waals surface area (Å²) in [4.78, 5) is 8.68. The molecule has 2 nitrogen and oxygen atoms in total. The number of fused-ring (bicyclic) bond motifs is 1. The van der Waals surface area contributed by atoms with Gasteiger partial charge in [-0.15, -0.1) is 0 Å². The van der Waals surface area contributed by atoms with Gasteiger partial charge in [-0.05, 0) is 41.6 Å². The molecule has 1 aliphatic carbocycles. The molecule has 0 radical (unpaired) electrons. The van der Waals surface area contributed by atoms with Gasteiger partial charge in [0.15, 0.2) is 0 Å². The average molecular weight is 213 g/mol. The van der Waals surface area contributed by atoms with E-state index >= 15 is 0 Å². The Kier molecular flexibility index (Phi) is 1.90. The van der Waals surface area contributed by atoms with Crippen molar-refractivity contribution in [2.24, 2.45) is 0 Å². The van der Waals surface area contributed by atoms with Crippen molar-refractivity contribution in [3.05, 3.63) is 22.2 Å². The van der Waals surface area contributed by atoms with E-state index in [0.29, 0.717) is 0 Å². The van der Waals surface area contributed by atoms with Gasteiger partial charge in [-0.25, -0.2) is 4.98 Å². The molecule has 0 N–H and O–H groups in total. The number of hydrogen-bond donors (Lipinski definition) is 0. The number of aromatic nitrogens is 2. The van der Waals surface area contributed by atoms with Gasteiger partial charge < -0.3 is 0 Å². The van der Waals surface area contributed by atoms with E-state index in [0.717, 1.165) is 17.4 Å². The lowest BCUT2D eigenvalue weighted by Crippen LogP contribution is -2.07. The zero-order valence-electron chi connectivity index (χ0n) is 6.18. The van der Waals surface area contributed by atoms with Crippen LogP contribution in [0.3, 0.4) is 0 Å². The van der Waals surface area contributed by atoms with E-state index in [9.17, 15) is 0 Å². The Bertz CT molecular complexity index is 273. The van der Waals surface area contributed by atoms with E-state index in [1.165, 1.54) is 24.2 Å². The van der Waals surface area contributed by atoms with Crippen molar-refractivity contribution in [3.8, 4) is 0 Å². The average Bonchev–Trinajstić information content (AvgIpc) is 2.04. The van der Waals surface area contributed by atoms with Crippen LogP contribution in [0, 0.1) is 0 Å². The minimum absolute atomic E-state index is 0.859. The summed E-state index contributed by atoms with van der Waals surface area (Å²) in [5.41, 5.74) is 2.38. The molecule has 1 aliphatic rings. The highest BCUT2D eigenvalue weighted by Gasteiger charge is 2.11. The Labute approximate surface area is 74.2 Å². The minimum Gasteiger partial charge on any atom is -0.257 e. The molecule has 0 unspecified atom stereocenters. The maximum Gasteiger partial charge on any atom is 0.124 e. The van der Waals surface area contributed by atoms with Crippen LogP contribution in [0.15, 0.2) is 10.8 Å². The van der Waals surface area contributed by atoms with Crippen molar-refractivity contribution in [1.82, 2.24) is 9.97 Å². The van der Waals surface area contributed by atoms with Crippen LogP contribution in [-0.2, 0) is 12.8 Å². The van der Waals surface area contributed by atoms with Gasteiger partial charge in [-0.1, -0.05) is 0 Å². The number of nitrogens with zero attached hydrogens (tertiary/aromatic N) is 2. The molecule has 0 saturated heterocycles.